The molecular weight excluding hydrogens is 285 g/mol. The van der Waals surface area contributed by atoms with Gasteiger partial charge in [0, 0.05) is 6.42 Å². The number of halogens is 1. The topological polar surface area (TPSA) is 65.5 Å². The van der Waals surface area contributed by atoms with E-state index < -0.39 is 12.0 Å². The Morgan fingerprint density at radius 1 is 1.77 bits per heavy atom. The summed E-state index contributed by atoms with van der Waals surface area (Å²) >= 11 is 2.05. The zero-order valence-electron chi connectivity index (χ0n) is 7.12. The van der Waals surface area contributed by atoms with E-state index >= 15 is 0 Å². The molecule has 5 heteroatoms. The summed E-state index contributed by atoms with van der Waals surface area (Å²) in [6, 6.07) is 2.97. The third-order valence-corrected chi connectivity index (χ3v) is 2.13. The SMILES string of the molecule is COC(=O)C(N)Cc1ccc(I)o1. The molecule has 2 N–H and O–H groups in total. The van der Waals surface area contributed by atoms with Crippen molar-refractivity contribution in [3.05, 3.63) is 21.7 Å². The van der Waals surface area contributed by atoms with Gasteiger partial charge in [-0.1, -0.05) is 0 Å². The third kappa shape index (κ3) is 3.00. The van der Waals surface area contributed by atoms with Crippen LogP contribution in [0.3, 0.4) is 0 Å². The molecule has 0 aliphatic heterocycles. The predicted molar refractivity (Wildman–Crippen MR) is 55.1 cm³/mol. The second kappa shape index (κ2) is 4.61. The van der Waals surface area contributed by atoms with Gasteiger partial charge in [-0.15, -0.1) is 0 Å². The average molecular weight is 295 g/mol. The predicted octanol–water partition coefficient (Wildman–Crippen LogP) is 0.927. The van der Waals surface area contributed by atoms with E-state index in [-0.39, 0.29) is 0 Å². The molecule has 0 aliphatic rings. The van der Waals surface area contributed by atoms with Crippen LogP contribution in [0.5, 0.6) is 0 Å². The van der Waals surface area contributed by atoms with Crippen LogP contribution in [-0.4, -0.2) is 19.1 Å². The van der Waals surface area contributed by atoms with Crippen LogP contribution in [0.2, 0.25) is 0 Å². The lowest BCUT2D eigenvalue weighted by atomic mass is 10.2. The number of hydrogen-bond acceptors (Lipinski definition) is 4. The molecule has 1 aromatic rings. The summed E-state index contributed by atoms with van der Waals surface area (Å²) in [6.45, 7) is 0. The lowest BCUT2D eigenvalue weighted by molar-refractivity contribution is -0.142. The van der Waals surface area contributed by atoms with E-state index in [4.69, 9.17) is 10.2 Å². The van der Waals surface area contributed by atoms with Crippen LogP contribution in [0.25, 0.3) is 0 Å². The fraction of sp³-hybridized carbons (Fsp3) is 0.375. The Hall–Kier alpha value is -0.560. The number of methoxy groups -OCH3 is 1. The van der Waals surface area contributed by atoms with Crippen LogP contribution in [0.15, 0.2) is 16.5 Å². The van der Waals surface area contributed by atoms with E-state index in [2.05, 4.69) is 27.3 Å². The van der Waals surface area contributed by atoms with E-state index in [1.807, 2.05) is 6.07 Å². The number of carbonyl (C=O) groups excluding carboxylic acids is 1. The van der Waals surface area contributed by atoms with Crippen molar-refractivity contribution >= 4 is 28.6 Å². The highest BCUT2D eigenvalue weighted by atomic mass is 127. The van der Waals surface area contributed by atoms with Gasteiger partial charge in [-0.25, -0.2) is 0 Å². The van der Waals surface area contributed by atoms with Crippen molar-refractivity contribution in [1.29, 1.82) is 0 Å². The molecule has 1 heterocycles. The number of furan rings is 1. The quantitative estimate of drug-likeness (QED) is 0.665. The first-order valence-electron chi connectivity index (χ1n) is 3.71. The number of carbonyl (C=O) groups is 1. The molecule has 4 nitrogen and oxygen atoms in total. The van der Waals surface area contributed by atoms with Crippen LogP contribution in [-0.2, 0) is 16.0 Å². The van der Waals surface area contributed by atoms with E-state index in [1.54, 1.807) is 6.07 Å². The molecule has 72 valence electrons. The maximum atomic E-state index is 10.9. The van der Waals surface area contributed by atoms with Crippen LogP contribution in [0.1, 0.15) is 5.76 Å². The van der Waals surface area contributed by atoms with Gasteiger partial charge in [0.1, 0.15) is 11.8 Å². The van der Waals surface area contributed by atoms with E-state index in [0.29, 0.717) is 12.2 Å². The van der Waals surface area contributed by atoms with Gasteiger partial charge in [0.05, 0.1) is 7.11 Å². The smallest absolute Gasteiger partial charge is 0.323 e. The minimum Gasteiger partial charge on any atom is -0.468 e. The Balaban J connectivity index is 2.54. The first-order chi connectivity index (χ1) is 6.13. The van der Waals surface area contributed by atoms with E-state index in [9.17, 15) is 4.79 Å². The third-order valence-electron chi connectivity index (χ3n) is 1.55. The Bertz CT molecular complexity index is 297. The highest BCUT2D eigenvalue weighted by Crippen LogP contribution is 2.11. The van der Waals surface area contributed by atoms with Gasteiger partial charge < -0.3 is 14.9 Å². The van der Waals surface area contributed by atoms with E-state index in [1.165, 1.54) is 7.11 Å². The summed E-state index contributed by atoms with van der Waals surface area (Å²) in [4.78, 5) is 10.9. The highest BCUT2D eigenvalue weighted by Gasteiger charge is 2.15. The number of rotatable bonds is 3. The zero-order valence-corrected chi connectivity index (χ0v) is 9.28. The molecule has 0 saturated carbocycles. The van der Waals surface area contributed by atoms with E-state index in [0.717, 1.165) is 3.77 Å². The molecule has 1 unspecified atom stereocenters. The van der Waals surface area contributed by atoms with Gasteiger partial charge in [0.25, 0.3) is 0 Å². The van der Waals surface area contributed by atoms with Crippen LogP contribution in [0, 0.1) is 3.77 Å². The van der Waals surface area contributed by atoms with Crippen molar-refractivity contribution in [2.75, 3.05) is 7.11 Å². The zero-order chi connectivity index (χ0) is 9.84. The molecule has 0 aliphatic carbocycles. The fourth-order valence-electron chi connectivity index (χ4n) is 0.913. The van der Waals surface area contributed by atoms with Crippen LogP contribution in [0.4, 0.5) is 0 Å². The second-order valence-corrected chi connectivity index (χ2v) is 3.60. The molecule has 1 rings (SSSR count). The Morgan fingerprint density at radius 2 is 2.46 bits per heavy atom. The largest absolute Gasteiger partial charge is 0.468 e. The highest BCUT2D eigenvalue weighted by molar-refractivity contribution is 14.1. The number of nitrogens with two attached hydrogens (primary N) is 1. The summed E-state index contributed by atoms with van der Waals surface area (Å²) in [5.74, 6) is 0.272. The number of esters is 1. The molecule has 0 saturated heterocycles. The first-order valence-corrected chi connectivity index (χ1v) is 4.79. The Labute approximate surface area is 89.6 Å². The summed E-state index contributed by atoms with van der Waals surface area (Å²) in [7, 11) is 1.31. The van der Waals surface area contributed by atoms with Crippen molar-refractivity contribution in [1.82, 2.24) is 0 Å². The second-order valence-electron chi connectivity index (χ2n) is 2.54. The normalized spacial score (nSPS) is 12.5. The fourth-order valence-corrected chi connectivity index (χ4v) is 1.38. The molecule has 0 spiro atoms. The summed E-state index contributed by atoms with van der Waals surface area (Å²) < 4.78 is 10.5. The molecule has 1 atom stereocenters. The maximum absolute atomic E-state index is 10.9. The minimum atomic E-state index is -0.646. The standard InChI is InChI=1S/C8H10INO3/c1-12-8(11)6(10)4-5-2-3-7(9)13-5/h2-3,6H,4,10H2,1H3. The summed E-state index contributed by atoms with van der Waals surface area (Å²) in [5.41, 5.74) is 5.53. The lowest BCUT2D eigenvalue weighted by Gasteiger charge is -2.05. The van der Waals surface area contributed by atoms with Crippen molar-refractivity contribution < 1.29 is 13.9 Å². The molecule has 0 fully saturated rings. The van der Waals surface area contributed by atoms with Crippen molar-refractivity contribution in [2.45, 2.75) is 12.5 Å². The van der Waals surface area contributed by atoms with Gasteiger partial charge in [-0.2, -0.15) is 0 Å². The first kappa shape index (κ1) is 10.5. The molecule has 0 amide bonds. The average Bonchev–Trinajstić information content (AvgIpc) is 2.49. The number of hydrogen-bond donors (Lipinski definition) is 1. The molecule has 13 heavy (non-hydrogen) atoms. The summed E-state index contributed by atoms with van der Waals surface area (Å²) in [5, 5.41) is 0. The van der Waals surface area contributed by atoms with Crippen molar-refractivity contribution in [3.8, 4) is 0 Å². The molecule has 1 aromatic heterocycles. The summed E-state index contributed by atoms with van der Waals surface area (Å²) in [6.07, 6.45) is 0.371. The van der Waals surface area contributed by atoms with Crippen molar-refractivity contribution in [3.63, 3.8) is 0 Å². The number of ether oxygens (including phenoxy) is 1. The van der Waals surface area contributed by atoms with Gasteiger partial charge in [-0.3, -0.25) is 4.79 Å². The monoisotopic (exact) mass is 295 g/mol. The maximum Gasteiger partial charge on any atom is 0.323 e. The Morgan fingerprint density at radius 3 is 2.92 bits per heavy atom. The molecule has 0 aromatic carbocycles. The van der Waals surface area contributed by atoms with Gasteiger partial charge >= 0.3 is 5.97 Å². The Kier molecular flexibility index (Phi) is 3.73. The molecule has 0 radical (unpaired) electrons. The van der Waals surface area contributed by atoms with Crippen molar-refractivity contribution in [2.24, 2.45) is 5.73 Å². The molecular formula is C8H10INO3. The minimum absolute atomic E-state index is 0.371. The van der Waals surface area contributed by atoms with Crippen LogP contribution >= 0.6 is 22.6 Å². The van der Waals surface area contributed by atoms with Gasteiger partial charge in [-0.05, 0) is 34.7 Å². The van der Waals surface area contributed by atoms with Gasteiger partial charge in [0.2, 0.25) is 0 Å². The van der Waals surface area contributed by atoms with Crippen LogP contribution < -0.4 is 5.73 Å². The van der Waals surface area contributed by atoms with Gasteiger partial charge in [0.15, 0.2) is 3.77 Å². The molecule has 0 bridgehead atoms. The lowest BCUT2D eigenvalue weighted by Crippen LogP contribution is -2.33.